The minimum Gasteiger partial charge on any atom is -0.461 e. The number of carbonyl (C=O) groups is 1. The number of nitrogens with one attached hydrogen (secondary N) is 1. The first-order valence-electron chi connectivity index (χ1n) is 6.19. The summed E-state index contributed by atoms with van der Waals surface area (Å²) in [6.45, 7) is 0.762. The minimum atomic E-state index is -0.244. The quantitative estimate of drug-likeness (QED) is 0.274. The van der Waals surface area contributed by atoms with Crippen molar-refractivity contribution < 1.29 is 9.53 Å². The van der Waals surface area contributed by atoms with Gasteiger partial charge in [-0.3, -0.25) is 16.1 Å². The standard InChI is InChI=1S/C10H14N2O2.3CH5N/c11-12-7-6-10(13)14-8-9-4-2-1-3-5-9;3*1-2/h1-5,12H,6-8,11H2;3*2H2,1H3. The summed E-state index contributed by atoms with van der Waals surface area (Å²) < 4.78 is 5.00. The molecule has 7 nitrogen and oxygen atoms in total. The molecule has 0 aromatic heterocycles. The molecule has 0 aliphatic rings. The zero-order chi connectivity index (χ0) is 16.2. The lowest BCUT2D eigenvalue weighted by Crippen LogP contribution is -2.25. The van der Waals surface area contributed by atoms with E-state index in [0.717, 1.165) is 5.56 Å². The van der Waals surface area contributed by atoms with Gasteiger partial charge in [-0.1, -0.05) is 30.3 Å². The average Bonchev–Trinajstić information content (AvgIpc) is 2.57. The number of esters is 1. The van der Waals surface area contributed by atoms with Gasteiger partial charge in [-0.15, -0.1) is 0 Å². The van der Waals surface area contributed by atoms with Gasteiger partial charge in [0.25, 0.3) is 0 Å². The van der Waals surface area contributed by atoms with Gasteiger partial charge in [0.2, 0.25) is 0 Å². The first-order chi connectivity index (χ1) is 9.83. The molecule has 0 heterocycles. The monoisotopic (exact) mass is 287 g/mol. The topological polar surface area (TPSA) is 142 Å². The number of hydrogen-bond donors (Lipinski definition) is 5. The molecule has 1 aromatic carbocycles. The van der Waals surface area contributed by atoms with Gasteiger partial charge in [0.1, 0.15) is 6.61 Å². The predicted octanol–water partition coefficient (Wildman–Crippen LogP) is -0.692. The first-order valence-corrected chi connectivity index (χ1v) is 6.19. The fourth-order valence-corrected chi connectivity index (χ4v) is 0.984. The van der Waals surface area contributed by atoms with E-state index < -0.39 is 0 Å². The third kappa shape index (κ3) is 16.5. The molecule has 0 atom stereocenters. The van der Waals surface area contributed by atoms with Crippen molar-refractivity contribution >= 4 is 5.97 Å². The van der Waals surface area contributed by atoms with Crippen LogP contribution < -0.4 is 28.5 Å². The Labute approximate surface area is 121 Å². The summed E-state index contributed by atoms with van der Waals surface area (Å²) in [7, 11) is 4.50. The van der Waals surface area contributed by atoms with Gasteiger partial charge in [0.05, 0.1) is 6.42 Å². The molecule has 0 aliphatic heterocycles. The highest BCUT2D eigenvalue weighted by Crippen LogP contribution is 2.01. The lowest BCUT2D eigenvalue weighted by molar-refractivity contribution is -0.144. The molecule has 0 saturated carbocycles. The van der Waals surface area contributed by atoms with Gasteiger partial charge in [-0.2, -0.15) is 0 Å². The van der Waals surface area contributed by atoms with E-state index >= 15 is 0 Å². The zero-order valence-electron chi connectivity index (χ0n) is 12.6. The molecular formula is C13H29N5O2. The van der Waals surface area contributed by atoms with Gasteiger partial charge in [-0.25, -0.2) is 0 Å². The fraction of sp³-hybridized carbons (Fsp3) is 0.462. The van der Waals surface area contributed by atoms with Crippen LogP contribution in [-0.4, -0.2) is 33.7 Å². The summed E-state index contributed by atoms with van der Waals surface area (Å²) in [4.78, 5) is 11.1. The van der Waals surface area contributed by atoms with Crippen LogP contribution in [0.3, 0.4) is 0 Å². The van der Waals surface area contributed by atoms with Crippen LogP contribution >= 0.6 is 0 Å². The van der Waals surface area contributed by atoms with Gasteiger partial charge in [0, 0.05) is 6.54 Å². The summed E-state index contributed by atoms with van der Waals surface area (Å²) in [6, 6.07) is 9.56. The van der Waals surface area contributed by atoms with Crippen molar-refractivity contribution in [2.75, 3.05) is 27.7 Å². The van der Waals surface area contributed by atoms with Crippen LogP contribution in [0, 0.1) is 0 Å². The van der Waals surface area contributed by atoms with Crippen molar-refractivity contribution in [1.29, 1.82) is 0 Å². The normalized spacial score (nSPS) is 7.75. The molecule has 0 amide bonds. The van der Waals surface area contributed by atoms with Crippen molar-refractivity contribution in [2.45, 2.75) is 13.0 Å². The number of hydrogen-bond acceptors (Lipinski definition) is 7. The summed E-state index contributed by atoms with van der Waals surface area (Å²) in [5.74, 6) is 4.78. The Morgan fingerprint density at radius 1 is 1.05 bits per heavy atom. The maximum atomic E-state index is 11.1. The molecule has 0 spiro atoms. The molecule has 0 unspecified atom stereocenters. The van der Waals surface area contributed by atoms with Crippen molar-refractivity contribution in [3.8, 4) is 0 Å². The molecule has 0 fully saturated rings. The van der Waals surface area contributed by atoms with E-state index in [4.69, 9.17) is 10.6 Å². The Balaban J connectivity index is -0.000000425. The van der Waals surface area contributed by atoms with E-state index in [9.17, 15) is 4.79 Å². The third-order valence-electron chi connectivity index (χ3n) is 1.72. The number of benzene rings is 1. The minimum absolute atomic E-state index is 0.244. The van der Waals surface area contributed by atoms with Crippen molar-refractivity contribution in [1.82, 2.24) is 5.43 Å². The number of hydrazine groups is 1. The smallest absolute Gasteiger partial charge is 0.307 e. The maximum Gasteiger partial charge on any atom is 0.307 e. The second kappa shape index (κ2) is 22.7. The molecule has 0 aliphatic carbocycles. The lowest BCUT2D eigenvalue weighted by Gasteiger charge is -2.03. The highest BCUT2D eigenvalue weighted by atomic mass is 16.5. The summed E-state index contributed by atoms with van der Waals surface area (Å²) in [6.07, 6.45) is 0.295. The van der Waals surface area contributed by atoms with E-state index in [0.29, 0.717) is 19.6 Å². The number of rotatable bonds is 5. The van der Waals surface area contributed by atoms with E-state index in [2.05, 4.69) is 22.6 Å². The van der Waals surface area contributed by atoms with Gasteiger partial charge < -0.3 is 21.9 Å². The molecular weight excluding hydrogens is 258 g/mol. The second-order valence-electron chi connectivity index (χ2n) is 2.85. The third-order valence-corrected chi connectivity index (χ3v) is 1.72. The summed E-state index contributed by atoms with van der Waals surface area (Å²) in [5, 5.41) is 0. The number of nitrogens with two attached hydrogens (primary N) is 4. The average molecular weight is 287 g/mol. The molecule has 9 N–H and O–H groups in total. The molecule has 0 bridgehead atoms. The Morgan fingerprint density at radius 2 is 1.55 bits per heavy atom. The van der Waals surface area contributed by atoms with E-state index in [-0.39, 0.29) is 5.97 Å². The Kier molecular flexibility index (Phi) is 26.7. The molecule has 20 heavy (non-hydrogen) atoms. The Hall–Kier alpha value is -1.51. The van der Waals surface area contributed by atoms with E-state index in [1.807, 2.05) is 30.3 Å². The molecule has 7 heteroatoms. The van der Waals surface area contributed by atoms with Gasteiger partial charge >= 0.3 is 5.97 Å². The van der Waals surface area contributed by atoms with Gasteiger partial charge in [0.15, 0.2) is 0 Å². The van der Waals surface area contributed by atoms with Crippen molar-refractivity contribution in [2.24, 2.45) is 23.0 Å². The van der Waals surface area contributed by atoms with E-state index in [1.165, 1.54) is 21.1 Å². The van der Waals surface area contributed by atoms with Gasteiger partial charge in [-0.05, 0) is 26.7 Å². The summed E-state index contributed by atoms with van der Waals surface area (Å²) in [5.41, 5.74) is 16.9. The molecule has 1 rings (SSSR count). The second-order valence-corrected chi connectivity index (χ2v) is 2.85. The van der Waals surface area contributed by atoms with Crippen LogP contribution in [0.4, 0.5) is 0 Å². The Morgan fingerprint density at radius 3 is 2.00 bits per heavy atom. The summed E-state index contributed by atoms with van der Waals surface area (Å²) >= 11 is 0. The molecule has 0 saturated heterocycles. The van der Waals surface area contributed by atoms with Crippen LogP contribution in [0.25, 0.3) is 0 Å². The molecule has 1 aromatic rings. The highest BCUT2D eigenvalue weighted by Gasteiger charge is 2.01. The number of carbonyl (C=O) groups excluding carboxylic acids is 1. The van der Waals surface area contributed by atoms with Crippen LogP contribution in [-0.2, 0) is 16.1 Å². The molecule has 118 valence electrons. The predicted molar refractivity (Wildman–Crippen MR) is 83.4 cm³/mol. The lowest BCUT2D eigenvalue weighted by atomic mass is 10.2. The zero-order valence-corrected chi connectivity index (χ0v) is 12.6. The SMILES string of the molecule is CN.CN.CN.NNCCC(=O)OCc1ccccc1. The maximum absolute atomic E-state index is 11.1. The first kappa shape index (κ1) is 23.6. The van der Waals surface area contributed by atoms with Crippen LogP contribution in [0.15, 0.2) is 30.3 Å². The van der Waals surface area contributed by atoms with Crippen molar-refractivity contribution in [3.63, 3.8) is 0 Å². The van der Waals surface area contributed by atoms with E-state index in [1.54, 1.807) is 0 Å². The number of ether oxygens (including phenoxy) is 1. The highest BCUT2D eigenvalue weighted by molar-refractivity contribution is 5.69. The van der Waals surface area contributed by atoms with Crippen LogP contribution in [0.1, 0.15) is 12.0 Å². The van der Waals surface area contributed by atoms with Crippen molar-refractivity contribution in [3.05, 3.63) is 35.9 Å². The van der Waals surface area contributed by atoms with Crippen LogP contribution in [0.2, 0.25) is 0 Å². The Bertz CT molecular complexity index is 283. The largest absolute Gasteiger partial charge is 0.461 e. The fourth-order valence-electron chi connectivity index (χ4n) is 0.984. The van der Waals surface area contributed by atoms with Crippen LogP contribution in [0.5, 0.6) is 0 Å². The molecule has 0 radical (unpaired) electrons.